The first-order valence-corrected chi connectivity index (χ1v) is 6.93. The first-order chi connectivity index (χ1) is 9.81. The van der Waals surface area contributed by atoms with Crippen LogP contribution in [0.15, 0.2) is 12.2 Å². The smallest absolute Gasteiger partial charge is 0.359 e. The van der Waals surface area contributed by atoms with E-state index in [4.69, 9.17) is 15.3 Å². The van der Waals surface area contributed by atoms with E-state index in [1.54, 1.807) is 0 Å². The molecule has 0 atom stereocenters. The molecule has 0 saturated heterocycles. The normalized spacial score (nSPS) is 11.7. The maximum absolute atomic E-state index is 10.9. The average molecular weight is 302 g/mol. The monoisotopic (exact) mass is 302 g/mol. The molecule has 21 heavy (non-hydrogen) atoms. The fourth-order valence-electron chi connectivity index (χ4n) is 2.32. The van der Waals surface area contributed by atoms with Gasteiger partial charge in [-0.2, -0.15) is 0 Å². The second-order valence-electron chi connectivity index (χ2n) is 5.14. The highest BCUT2D eigenvalue weighted by Gasteiger charge is 2.35. The molecular weight excluding hydrogens is 278 g/mol. The van der Waals surface area contributed by atoms with Crippen molar-refractivity contribution in [3.8, 4) is 0 Å². The van der Waals surface area contributed by atoms with Crippen molar-refractivity contribution in [2.24, 2.45) is 0 Å². The zero-order chi connectivity index (χ0) is 16.3. The largest absolute Gasteiger partial charge is 0.477 e. The van der Waals surface area contributed by atoms with Gasteiger partial charge in [0.15, 0.2) is 19.6 Å². The van der Waals surface area contributed by atoms with Crippen LogP contribution in [-0.2, 0) is 14.4 Å². The molecule has 0 radical (unpaired) electrons. The van der Waals surface area contributed by atoms with Crippen LogP contribution in [0.2, 0.25) is 0 Å². The van der Waals surface area contributed by atoms with Crippen LogP contribution in [0.5, 0.6) is 0 Å². The minimum Gasteiger partial charge on any atom is -0.477 e. The Morgan fingerprint density at radius 3 is 1.71 bits per heavy atom. The van der Waals surface area contributed by atoms with E-state index in [0.717, 1.165) is 19.3 Å². The Morgan fingerprint density at radius 1 is 0.857 bits per heavy atom. The summed E-state index contributed by atoms with van der Waals surface area (Å²) in [6, 6.07) is 0. The number of carboxylic acids is 3. The van der Waals surface area contributed by atoms with Crippen LogP contribution in [0.4, 0.5) is 0 Å². The summed E-state index contributed by atoms with van der Waals surface area (Å²) in [5, 5.41) is 26.8. The first-order valence-electron chi connectivity index (χ1n) is 6.93. The molecule has 120 valence electrons. The summed E-state index contributed by atoms with van der Waals surface area (Å²) in [6.07, 6.45) is 7.20. The lowest BCUT2D eigenvalue weighted by Gasteiger charge is -2.34. The van der Waals surface area contributed by atoms with Gasteiger partial charge in [0.2, 0.25) is 0 Å². The van der Waals surface area contributed by atoms with Crippen molar-refractivity contribution in [3.63, 3.8) is 0 Å². The summed E-state index contributed by atoms with van der Waals surface area (Å²) in [7, 11) is 0. The van der Waals surface area contributed by atoms with Gasteiger partial charge in [0.1, 0.15) is 0 Å². The molecule has 0 spiro atoms. The van der Waals surface area contributed by atoms with Gasteiger partial charge in [0.25, 0.3) is 0 Å². The highest BCUT2D eigenvalue weighted by molar-refractivity contribution is 5.73. The molecule has 0 aromatic carbocycles. The summed E-state index contributed by atoms with van der Waals surface area (Å²) in [5.41, 5.74) is 0. The zero-order valence-corrected chi connectivity index (χ0v) is 12.3. The Balaban J connectivity index is 4.69. The van der Waals surface area contributed by atoms with Gasteiger partial charge in [-0.15, -0.1) is 0 Å². The van der Waals surface area contributed by atoms with E-state index in [1.165, 1.54) is 0 Å². The molecule has 7 nitrogen and oxygen atoms in total. The number of carboxylic acid groups (broad SMARTS) is 3. The Bertz CT molecular complexity index is 350. The summed E-state index contributed by atoms with van der Waals surface area (Å²) in [6.45, 7) is 0.684. The van der Waals surface area contributed by atoms with E-state index >= 15 is 0 Å². The van der Waals surface area contributed by atoms with Gasteiger partial charge in [0, 0.05) is 0 Å². The quantitative estimate of drug-likeness (QED) is 0.284. The van der Waals surface area contributed by atoms with Crippen molar-refractivity contribution in [2.45, 2.75) is 32.6 Å². The Morgan fingerprint density at radius 2 is 1.33 bits per heavy atom. The molecule has 3 N–H and O–H groups in total. The average Bonchev–Trinajstić information content (AvgIpc) is 2.30. The predicted octanol–water partition coefficient (Wildman–Crippen LogP) is 1.19. The lowest BCUT2D eigenvalue weighted by molar-refractivity contribution is -0.907. The van der Waals surface area contributed by atoms with Crippen LogP contribution in [0.1, 0.15) is 32.6 Å². The lowest BCUT2D eigenvalue weighted by atomic mass is 10.1. The molecule has 0 aromatic heterocycles. The highest BCUT2D eigenvalue weighted by atomic mass is 16.4. The number of carbonyl (C=O) groups is 3. The number of quaternary nitrogens is 1. The molecule has 0 aromatic rings. The van der Waals surface area contributed by atoms with Gasteiger partial charge in [0.05, 0.1) is 6.54 Å². The molecule has 7 heteroatoms. The molecular formula is C14H24NO6+. The van der Waals surface area contributed by atoms with E-state index in [1.807, 2.05) is 19.1 Å². The molecule has 0 amide bonds. The van der Waals surface area contributed by atoms with Gasteiger partial charge in [-0.1, -0.05) is 12.2 Å². The molecule has 0 rings (SSSR count). The van der Waals surface area contributed by atoms with E-state index < -0.39 is 42.0 Å². The topological polar surface area (TPSA) is 112 Å². The predicted molar refractivity (Wildman–Crippen MR) is 75.9 cm³/mol. The Labute approximate surface area is 124 Å². The van der Waals surface area contributed by atoms with Crippen LogP contribution in [0, 0.1) is 0 Å². The number of hydrogen-bond donors (Lipinski definition) is 3. The fraction of sp³-hybridized carbons (Fsp3) is 0.643. The van der Waals surface area contributed by atoms with Crippen molar-refractivity contribution in [2.75, 3.05) is 26.2 Å². The van der Waals surface area contributed by atoms with Crippen molar-refractivity contribution in [1.82, 2.24) is 0 Å². The van der Waals surface area contributed by atoms with E-state index in [0.29, 0.717) is 6.42 Å². The molecule has 0 aliphatic heterocycles. The van der Waals surface area contributed by atoms with Gasteiger partial charge < -0.3 is 15.3 Å². The summed E-state index contributed by atoms with van der Waals surface area (Å²) in [4.78, 5) is 32.8. The minimum atomic E-state index is -1.19. The minimum absolute atomic E-state index is 0.237. The van der Waals surface area contributed by atoms with E-state index in [-0.39, 0.29) is 6.54 Å². The third kappa shape index (κ3) is 9.61. The summed E-state index contributed by atoms with van der Waals surface area (Å²) < 4.78 is -0.455. The highest BCUT2D eigenvalue weighted by Crippen LogP contribution is 2.12. The molecule has 0 fully saturated rings. The van der Waals surface area contributed by atoms with Gasteiger partial charge >= 0.3 is 17.9 Å². The van der Waals surface area contributed by atoms with Gasteiger partial charge in [-0.3, -0.25) is 4.48 Å². The summed E-state index contributed by atoms with van der Waals surface area (Å²) in [5.74, 6) is -3.57. The number of nitrogens with zero attached hydrogens (tertiary/aromatic N) is 1. The Kier molecular flexibility index (Phi) is 9.03. The second-order valence-corrected chi connectivity index (χ2v) is 5.14. The molecule has 0 aliphatic rings. The third-order valence-electron chi connectivity index (χ3n) is 3.15. The fourth-order valence-corrected chi connectivity index (χ4v) is 2.32. The number of aliphatic carboxylic acids is 3. The van der Waals surface area contributed by atoms with Crippen LogP contribution in [0.25, 0.3) is 0 Å². The summed E-state index contributed by atoms with van der Waals surface area (Å²) >= 11 is 0. The molecule has 0 saturated carbocycles. The number of unbranched alkanes of at least 4 members (excludes halogenated alkanes) is 3. The first kappa shape index (κ1) is 19.1. The van der Waals surface area contributed by atoms with Gasteiger partial charge in [-0.05, 0) is 32.6 Å². The molecule has 0 heterocycles. The standard InChI is InChI=1S/C14H23NO6/c1-2-3-4-5-6-7-8-15(9-12(16)17,10-13(18)19)11-14(20)21/h2-3H,4-11H2,1H3,(H2-,16,17,18,19,20,21)/p+1/b3-2+. The van der Waals surface area contributed by atoms with Crippen molar-refractivity contribution < 1.29 is 34.2 Å². The SMILES string of the molecule is C/C=C/CCCCC[N+](CC(=O)O)(CC(=O)O)CC(=O)O. The second kappa shape index (κ2) is 9.93. The molecule has 0 unspecified atom stereocenters. The number of rotatable bonds is 12. The number of hydrogen-bond acceptors (Lipinski definition) is 3. The van der Waals surface area contributed by atoms with Crippen LogP contribution < -0.4 is 0 Å². The van der Waals surface area contributed by atoms with Gasteiger partial charge in [-0.25, -0.2) is 14.4 Å². The maximum Gasteiger partial charge on any atom is 0.359 e. The van der Waals surface area contributed by atoms with Crippen molar-refractivity contribution in [1.29, 1.82) is 0 Å². The maximum atomic E-state index is 10.9. The van der Waals surface area contributed by atoms with Crippen LogP contribution in [-0.4, -0.2) is 63.9 Å². The lowest BCUT2D eigenvalue weighted by Crippen LogP contribution is -2.57. The molecule has 0 bridgehead atoms. The van der Waals surface area contributed by atoms with Crippen LogP contribution in [0.3, 0.4) is 0 Å². The van der Waals surface area contributed by atoms with Crippen LogP contribution >= 0.6 is 0 Å². The molecule has 0 aliphatic carbocycles. The van der Waals surface area contributed by atoms with Crippen molar-refractivity contribution in [3.05, 3.63) is 12.2 Å². The van der Waals surface area contributed by atoms with E-state index in [9.17, 15) is 14.4 Å². The third-order valence-corrected chi connectivity index (χ3v) is 3.15. The van der Waals surface area contributed by atoms with E-state index in [2.05, 4.69) is 0 Å². The zero-order valence-electron chi connectivity index (χ0n) is 12.3. The Hall–Kier alpha value is -1.89. The van der Waals surface area contributed by atoms with Crippen molar-refractivity contribution >= 4 is 17.9 Å². The number of allylic oxidation sites excluding steroid dienone is 2.